The minimum atomic E-state index is -0.349. The molecule has 0 spiro atoms. The normalized spacial score (nSPS) is 10.7. The fourth-order valence-electron chi connectivity index (χ4n) is 3.03. The van der Waals surface area contributed by atoms with Crippen molar-refractivity contribution in [1.29, 1.82) is 0 Å². The number of esters is 1. The van der Waals surface area contributed by atoms with Gasteiger partial charge in [0.2, 0.25) is 0 Å². The minimum Gasteiger partial charge on any atom is -0.506 e. The monoisotopic (exact) mass is 382 g/mol. The van der Waals surface area contributed by atoms with Gasteiger partial charge in [0.25, 0.3) is 5.91 Å². The summed E-state index contributed by atoms with van der Waals surface area (Å²) in [5.41, 5.74) is 2.40. The van der Waals surface area contributed by atoms with Crippen LogP contribution in [0.2, 0.25) is 0 Å². The van der Waals surface area contributed by atoms with E-state index in [1.54, 1.807) is 36.9 Å². The second-order valence-corrected chi connectivity index (χ2v) is 6.40. The van der Waals surface area contributed by atoms with Crippen LogP contribution in [0.4, 0.5) is 5.69 Å². The number of phenolic OH excluding ortho intramolecular Hbond substituents is 1. The minimum absolute atomic E-state index is 0.0457. The van der Waals surface area contributed by atoms with Gasteiger partial charge >= 0.3 is 5.97 Å². The third-order valence-corrected chi connectivity index (χ3v) is 4.64. The second kappa shape index (κ2) is 8.04. The highest BCUT2D eigenvalue weighted by atomic mass is 16.5. The van der Waals surface area contributed by atoms with Gasteiger partial charge in [0.05, 0.1) is 25.4 Å². The average Bonchev–Trinajstić information content (AvgIpc) is 3.04. The number of aromatic hydroxyl groups is 1. The van der Waals surface area contributed by atoms with Crippen molar-refractivity contribution in [3.63, 3.8) is 0 Å². The summed E-state index contributed by atoms with van der Waals surface area (Å²) in [6.45, 7) is 0. The van der Waals surface area contributed by atoms with Gasteiger partial charge in [-0.1, -0.05) is 6.07 Å². The molecule has 0 saturated carbocycles. The molecule has 0 aliphatic rings. The molecule has 0 radical (unpaired) electrons. The summed E-state index contributed by atoms with van der Waals surface area (Å²) in [5.74, 6) is -0.00474. The molecule has 7 nitrogen and oxygen atoms in total. The van der Waals surface area contributed by atoms with Crippen LogP contribution in [-0.2, 0) is 23.0 Å². The number of nitrogens with one attached hydrogen (secondary N) is 1. The smallest absolute Gasteiger partial charge is 0.305 e. The first kappa shape index (κ1) is 19.3. The maximum absolute atomic E-state index is 12.8. The lowest BCUT2D eigenvalue weighted by Gasteiger charge is -2.10. The Balaban J connectivity index is 1.83. The summed E-state index contributed by atoms with van der Waals surface area (Å²) in [5, 5.41) is 13.8. The third kappa shape index (κ3) is 3.93. The Labute approximate surface area is 162 Å². The van der Waals surface area contributed by atoms with Crippen LogP contribution in [0.15, 0.2) is 42.5 Å². The predicted molar refractivity (Wildman–Crippen MR) is 106 cm³/mol. The molecule has 28 heavy (non-hydrogen) atoms. The van der Waals surface area contributed by atoms with Gasteiger partial charge in [0.15, 0.2) is 0 Å². The molecule has 7 heteroatoms. The molecule has 2 N–H and O–H groups in total. The van der Waals surface area contributed by atoms with Crippen LogP contribution in [0.25, 0.3) is 10.9 Å². The first-order valence-electron chi connectivity index (χ1n) is 8.76. The van der Waals surface area contributed by atoms with Gasteiger partial charge in [-0.25, -0.2) is 0 Å². The van der Waals surface area contributed by atoms with Crippen LogP contribution >= 0.6 is 0 Å². The summed E-state index contributed by atoms with van der Waals surface area (Å²) in [6.07, 6.45) is 0.670. The largest absolute Gasteiger partial charge is 0.506 e. The molecular weight excluding hydrogens is 360 g/mol. The molecule has 2 aromatic carbocycles. The summed E-state index contributed by atoms with van der Waals surface area (Å²) in [7, 11) is 4.72. The SMILES string of the molecule is COC(=O)CCc1ccc(O)c(NC(=O)c2cc3ccc(OC)cc3n2C)c1. The lowest BCUT2D eigenvalue weighted by Crippen LogP contribution is -2.15. The second-order valence-electron chi connectivity index (χ2n) is 6.40. The van der Waals surface area contributed by atoms with Crippen molar-refractivity contribution in [3.05, 3.63) is 53.7 Å². The van der Waals surface area contributed by atoms with Crippen molar-refractivity contribution in [2.24, 2.45) is 7.05 Å². The van der Waals surface area contributed by atoms with E-state index < -0.39 is 0 Å². The number of amides is 1. The molecule has 1 amide bonds. The van der Waals surface area contributed by atoms with E-state index in [-0.39, 0.29) is 29.7 Å². The fourth-order valence-corrected chi connectivity index (χ4v) is 3.03. The number of phenols is 1. The highest BCUT2D eigenvalue weighted by Gasteiger charge is 2.16. The highest BCUT2D eigenvalue weighted by molar-refractivity contribution is 6.07. The summed E-state index contributed by atoms with van der Waals surface area (Å²) in [4.78, 5) is 24.1. The summed E-state index contributed by atoms with van der Waals surface area (Å²) < 4.78 is 11.6. The highest BCUT2D eigenvalue weighted by Crippen LogP contribution is 2.27. The molecule has 0 fully saturated rings. The molecule has 0 bridgehead atoms. The van der Waals surface area contributed by atoms with E-state index in [1.807, 2.05) is 18.2 Å². The van der Waals surface area contributed by atoms with E-state index in [0.29, 0.717) is 17.9 Å². The molecule has 0 atom stereocenters. The van der Waals surface area contributed by atoms with Crippen LogP contribution in [0, 0.1) is 0 Å². The zero-order chi connectivity index (χ0) is 20.3. The maximum Gasteiger partial charge on any atom is 0.305 e. The number of hydrogen-bond donors (Lipinski definition) is 2. The third-order valence-electron chi connectivity index (χ3n) is 4.64. The molecule has 3 rings (SSSR count). The van der Waals surface area contributed by atoms with Gasteiger partial charge in [-0.05, 0) is 42.3 Å². The van der Waals surface area contributed by atoms with E-state index in [0.717, 1.165) is 16.5 Å². The van der Waals surface area contributed by atoms with E-state index in [4.69, 9.17) is 4.74 Å². The number of aromatic nitrogens is 1. The zero-order valence-electron chi connectivity index (χ0n) is 16.0. The van der Waals surface area contributed by atoms with E-state index in [9.17, 15) is 14.7 Å². The number of carbonyl (C=O) groups excluding carboxylic acids is 2. The molecule has 0 aliphatic heterocycles. The Morgan fingerprint density at radius 3 is 2.61 bits per heavy atom. The Morgan fingerprint density at radius 1 is 1.11 bits per heavy atom. The van der Waals surface area contributed by atoms with Gasteiger partial charge < -0.3 is 24.5 Å². The number of anilines is 1. The van der Waals surface area contributed by atoms with E-state index in [2.05, 4.69) is 10.1 Å². The van der Waals surface area contributed by atoms with Gasteiger partial charge in [-0.2, -0.15) is 0 Å². The standard InChI is InChI=1S/C21H22N2O5/c1-23-17-12-15(27-2)7-6-14(17)11-18(23)21(26)22-16-10-13(4-8-19(16)24)5-9-20(25)28-3/h4,6-8,10-12,24H,5,9H2,1-3H3,(H,22,26). The fraction of sp³-hybridized carbons (Fsp3) is 0.238. The average molecular weight is 382 g/mol. The lowest BCUT2D eigenvalue weighted by molar-refractivity contribution is -0.140. The van der Waals surface area contributed by atoms with E-state index >= 15 is 0 Å². The molecule has 1 heterocycles. The number of benzene rings is 2. The predicted octanol–water partition coefficient (Wildman–Crippen LogP) is 3.25. The van der Waals surface area contributed by atoms with Gasteiger partial charge in [0, 0.05) is 24.9 Å². The van der Waals surface area contributed by atoms with Gasteiger partial charge in [-0.15, -0.1) is 0 Å². The molecule has 3 aromatic rings. The zero-order valence-corrected chi connectivity index (χ0v) is 16.0. The first-order chi connectivity index (χ1) is 13.4. The first-order valence-corrected chi connectivity index (χ1v) is 8.76. The van der Waals surface area contributed by atoms with Crippen LogP contribution in [0.3, 0.4) is 0 Å². The molecule has 0 aliphatic carbocycles. The number of carbonyl (C=O) groups is 2. The van der Waals surface area contributed by atoms with Crippen molar-refractivity contribution in [3.8, 4) is 11.5 Å². The van der Waals surface area contributed by atoms with Crippen molar-refractivity contribution in [2.45, 2.75) is 12.8 Å². The Morgan fingerprint density at radius 2 is 1.89 bits per heavy atom. The summed E-state index contributed by atoms with van der Waals surface area (Å²) in [6, 6.07) is 12.2. The molecular formula is C21H22N2O5. The molecule has 1 aromatic heterocycles. The number of rotatable bonds is 6. The van der Waals surface area contributed by atoms with Crippen molar-refractivity contribution >= 4 is 28.5 Å². The summed E-state index contributed by atoms with van der Waals surface area (Å²) >= 11 is 0. The van der Waals surface area contributed by atoms with Gasteiger partial charge in [-0.3, -0.25) is 9.59 Å². The van der Waals surface area contributed by atoms with Crippen LogP contribution in [0.5, 0.6) is 11.5 Å². The van der Waals surface area contributed by atoms with Crippen LogP contribution in [0.1, 0.15) is 22.5 Å². The number of nitrogens with zero attached hydrogens (tertiary/aromatic N) is 1. The van der Waals surface area contributed by atoms with Gasteiger partial charge in [0.1, 0.15) is 17.2 Å². The molecule has 0 unspecified atom stereocenters. The Kier molecular flexibility index (Phi) is 5.54. The van der Waals surface area contributed by atoms with Crippen molar-refractivity contribution in [2.75, 3.05) is 19.5 Å². The topological polar surface area (TPSA) is 89.8 Å². The van der Waals surface area contributed by atoms with Crippen molar-refractivity contribution < 1.29 is 24.2 Å². The molecule has 146 valence electrons. The Hall–Kier alpha value is -3.48. The number of aryl methyl sites for hydroxylation is 2. The number of methoxy groups -OCH3 is 2. The Bertz CT molecular complexity index is 1040. The quantitative estimate of drug-likeness (QED) is 0.505. The number of fused-ring (bicyclic) bond motifs is 1. The number of hydrogen-bond acceptors (Lipinski definition) is 5. The van der Waals surface area contributed by atoms with Crippen molar-refractivity contribution in [1.82, 2.24) is 4.57 Å². The molecule has 0 saturated heterocycles. The number of ether oxygens (including phenoxy) is 2. The van der Waals surface area contributed by atoms with Crippen LogP contribution in [-0.4, -0.2) is 35.8 Å². The van der Waals surface area contributed by atoms with E-state index in [1.165, 1.54) is 13.2 Å². The lowest BCUT2D eigenvalue weighted by atomic mass is 10.1. The maximum atomic E-state index is 12.8. The van der Waals surface area contributed by atoms with Crippen LogP contribution < -0.4 is 10.1 Å².